The molecule has 0 unspecified atom stereocenters. The van der Waals surface area contributed by atoms with Crippen molar-refractivity contribution in [2.45, 2.75) is 65.7 Å². The van der Waals surface area contributed by atoms with Crippen molar-refractivity contribution in [2.75, 3.05) is 39.5 Å². The van der Waals surface area contributed by atoms with E-state index in [9.17, 15) is 4.79 Å². The first-order valence-electron chi connectivity index (χ1n) is 10.1. The van der Waals surface area contributed by atoms with Gasteiger partial charge in [-0.2, -0.15) is 0 Å². The molecule has 0 saturated carbocycles. The predicted octanol–water partition coefficient (Wildman–Crippen LogP) is 3.96. The molecule has 0 bridgehead atoms. The molecule has 0 fully saturated rings. The van der Waals surface area contributed by atoms with Gasteiger partial charge < -0.3 is 20.1 Å². The fourth-order valence-electron chi connectivity index (χ4n) is 2.38. The Morgan fingerprint density at radius 1 is 0.962 bits per heavy atom. The highest BCUT2D eigenvalue weighted by Gasteiger charge is 2.04. The van der Waals surface area contributed by atoms with Gasteiger partial charge in [-0.25, -0.2) is 0 Å². The summed E-state index contributed by atoms with van der Waals surface area (Å²) < 4.78 is 10.8. The number of amides is 1. The standard InChI is InChI=1S/C21H40N2O3/c1-5-7-8-12-22-17-20(9-6-2)10-11-21(24)23-13-14-25-15-16-26-18-19(3)4/h17,22H,3,5-16,18H2,1-2,4H3,(H,23,24)/b20-17+. The molecule has 0 aliphatic carbocycles. The first-order valence-corrected chi connectivity index (χ1v) is 10.1. The molecule has 0 spiro atoms. The van der Waals surface area contributed by atoms with E-state index in [4.69, 9.17) is 9.47 Å². The van der Waals surface area contributed by atoms with E-state index in [1.807, 2.05) is 6.92 Å². The number of allylic oxidation sites excluding steroid dienone is 1. The van der Waals surface area contributed by atoms with Crippen LogP contribution < -0.4 is 10.6 Å². The molecule has 0 rings (SSSR count). The van der Waals surface area contributed by atoms with Gasteiger partial charge in [-0.05, 0) is 32.4 Å². The van der Waals surface area contributed by atoms with Gasteiger partial charge in [-0.3, -0.25) is 4.79 Å². The summed E-state index contributed by atoms with van der Waals surface area (Å²) in [6.45, 7) is 13.8. The number of carbonyl (C=O) groups is 1. The minimum Gasteiger partial charge on any atom is -0.391 e. The summed E-state index contributed by atoms with van der Waals surface area (Å²) in [6, 6.07) is 0. The second kappa shape index (κ2) is 18.5. The Morgan fingerprint density at radius 3 is 2.42 bits per heavy atom. The van der Waals surface area contributed by atoms with Crippen molar-refractivity contribution in [1.82, 2.24) is 10.6 Å². The molecular weight excluding hydrogens is 328 g/mol. The predicted molar refractivity (Wildman–Crippen MR) is 109 cm³/mol. The van der Waals surface area contributed by atoms with Gasteiger partial charge in [0.25, 0.3) is 0 Å². The van der Waals surface area contributed by atoms with Gasteiger partial charge in [-0.1, -0.05) is 50.8 Å². The Bertz CT molecular complexity index is 395. The molecule has 5 nitrogen and oxygen atoms in total. The Balaban J connectivity index is 3.72. The van der Waals surface area contributed by atoms with Crippen LogP contribution in [0.2, 0.25) is 0 Å². The molecule has 5 heteroatoms. The number of unbranched alkanes of at least 4 members (excludes halogenated alkanes) is 2. The largest absolute Gasteiger partial charge is 0.391 e. The second-order valence-electron chi connectivity index (χ2n) is 6.69. The number of nitrogens with one attached hydrogen (secondary N) is 2. The second-order valence-corrected chi connectivity index (χ2v) is 6.69. The maximum absolute atomic E-state index is 11.9. The Morgan fingerprint density at radius 2 is 1.73 bits per heavy atom. The topological polar surface area (TPSA) is 59.6 Å². The van der Waals surface area contributed by atoms with Crippen LogP contribution in [0.15, 0.2) is 23.9 Å². The number of rotatable bonds is 18. The van der Waals surface area contributed by atoms with Crippen molar-refractivity contribution in [3.8, 4) is 0 Å². The first kappa shape index (κ1) is 24.7. The van der Waals surface area contributed by atoms with Crippen LogP contribution in [-0.4, -0.2) is 45.4 Å². The van der Waals surface area contributed by atoms with E-state index in [1.54, 1.807) is 0 Å². The minimum absolute atomic E-state index is 0.0834. The van der Waals surface area contributed by atoms with E-state index < -0.39 is 0 Å². The van der Waals surface area contributed by atoms with E-state index in [2.05, 4.69) is 37.3 Å². The summed E-state index contributed by atoms with van der Waals surface area (Å²) in [7, 11) is 0. The zero-order valence-corrected chi connectivity index (χ0v) is 17.2. The van der Waals surface area contributed by atoms with Crippen molar-refractivity contribution < 1.29 is 14.3 Å². The minimum atomic E-state index is 0.0834. The van der Waals surface area contributed by atoms with E-state index >= 15 is 0 Å². The molecule has 0 atom stereocenters. The molecule has 0 aromatic carbocycles. The lowest BCUT2D eigenvalue weighted by atomic mass is 10.1. The molecule has 152 valence electrons. The van der Waals surface area contributed by atoms with Crippen LogP contribution >= 0.6 is 0 Å². The van der Waals surface area contributed by atoms with Gasteiger partial charge in [0.05, 0.1) is 26.4 Å². The smallest absolute Gasteiger partial charge is 0.220 e. The van der Waals surface area contributed by atoms with Crippen LogP contribution in [0, 0.1) is 0 Å². The molecule has 0 saturated heterocycles. The quantitative estimate of drug-likeness (QED) is 0.284. The molecule has 0 aromatic heterocycles. The average Bonchev–Trinajstić information content (AvgIpc) is 2.61. The molecule has 26 heavy (non-hydrogen) atoms. The maximum Gasteiger partial charge on any atom is 0.220 e. The third-order valence-corrected chi connectivity index (χ3v) is 3.76. The summed E-state index contributed by atoms with van der Waals surface area (Å²) >= 11 is 0. The third kappa shape index (κ3) is 17.5. The first-order chi connectivity index (χ1) is 12.6. The third-order valence-electron chi connectivity index (χ3n) is 3.76. The van der Waals surface area contributed by atoms with Gasteiger partial charge in [-0.15, -0.1) is 0 Å². The number of hydrogen-bond donors (Lipinski definition) is 2. The molecule has 0 aliphatic heterocycles. The van der Waals surface area contributed by atoms with E-state index in [-0.39, 0.29) is 5.91 Å². The van der Waals surface area contributed by atoms with Crippen molar-refractivity contribution in [1.29, 1.82) is 0 Å². The average molecular weight is 369 g/mol. The lowest BCUT2D eigenvalue weighted by Crippen LogP contribution is -2.27. The Labute approximate surface area is 160 Å². The maximum atomic E-state index is 11.9. The zero-order chi connectivity index (χ0) is 19.5. The van der Waals surface area contributed by atoms with Gasteiger partial charge in [0.2, 0.25) is 5.91 Å². The van der Waals surface area contributed by atoms with Crippen molar-refractivity contribution in [3.63, 3.8) is 0 Å². The highest BCUT2D eigenvalue weighted by molar-refractivity contribution is 5.76. The normalized spacial score (nSPS) is 11.4. The van der Waals surface area contributed by atoms with Gasteiger partial charge in [0.15, 0.2) is 0 Å². The van der Waals surface area contributed by atoms with E-state index in [0.29, 0.717) is 39.4 Å². The molecule has 1 amide bonds. The lowest BCUT2D eigenvalue weighted by molar-refractivity contribution is -0.121. The summed E-state index contributed by atoms with van der Waals surface area (Å²) in [5.74, 6) is 0.0834. The number of carbonyl (C=O) groups excluding carboxylic acids is 1. The fraction of sp³-hybridized carbons (Fsp3) is 0.762. The summed E-state index contributed by atoms with van der Waals surface area (Å²) in [6.07, 6.45) is 9.30. The van der Waals surface area contributed by atoms with Crippen LogP contribution in [0.3, 0.4) is 0 Å². The highest BCUT2D eigenvalue weighted by Crippen LogP contribution is 2.11. The summed E-state index contributed by atoms with van der Waals surface area (Å²) in [5.41, 5.74) is 2.33. The summed E-state index contributed by atoms with van der Waals surface area (Å²) in [5, 5.41) is 6.29. The molecule has 2 N–H and O–H groups in total. The molecule has 0 aliphatic rings. The molecular formula is C21H40N2O3. The van der Waals surface area contributed by atoms with Crippen molar-refractivity contribution in [3.05, 3.63) is 23.9 Å². The zero-order valence-electron chi connectivity index (χ0n) is 17.2. The highest BCUT2D eigenvalue weighted by atomic mass is 16.5. The SMILES string of the molecule is C=C(C)COCCOCCNC(=O)CC/C(=C/NCCCCC)CCC. The number of ether oxygens (including phenoxy) is 2. The van der Waals surface area contributed by atoms with Gasteiger partial charge in [0.1, 0.15) is 0 Å². The van der Waals surface area contributed by atoms with Crippen LogP contribution in [0.25, 0.3) is 0 Å². The number of hydrogen-bond acceptors (Lipinski definition) is 4. The lowest BCUT2D eigenvalue weighted by Gasteiger charge is -2.09. The molecule has 0 radical (unpaired) electrons. The van der Waals surface area contributed by atoms with Crippen LogP contribution in [0.1, 0.15) is 65.7 Å². The molecule has 0 aromatic rings. The van der Waals surface area contributed by atoms with E-state index in [1.165, 1.54) is 24.8 Å². The fourth-order valence-corrected chi connectivity index (χ4v) is 2.38. The van der Waals surface area contributed by atoms with Gasteiger partial charge >= 0.3 is 0 Å². The van der Waals surface area contributed by atoms with Crippen molar-refractivity contribution >= 4 is 5.91 Å². The van der Waals surface area contributed by atoms with Crippen LogP contribution in [0.5, 0.6) is 0 Å². The van der Waals surface area contributed by atoms with E-state index in [0.717, 1.165) is 31.4 Å². The Kier molecular flexibility index (Phi) is 17.5. The van der Waals surface area contributed by atoms with Crippen LogP contribution in [0.4, 0.5) is 0 Å². The Hall–Kier alpha value is -1.33. The summed E-state index contributed by atoms with van der Waals surface area (Å²) in [4.78, 5) is 11.9. The van der Waals surface area contributed by atoms with Gasteiger partial charge in [0, 0.05) is 19.5 Å². The van der Waals surface area contributed by atoms with Crippen LogP contribution in [-0.2, 0) is 14.3 Å². The monoisotopic (exact) mass is 368 g/mol. The molecule has 0 heterocycles. The van der Waals surface area contributed by atoms with Crippen molar-refractivity contribution in [2.24, 2.45) is 0 Å².